The number of aromatic nitrogens is 2. The van der Waals surface area contributed by atoms with Crippen molar-refractivity contribution in [2.45, 2.75) is 19.5 Å². The Bertz CT molecular complexity index is 1530. The molecule has 0 bridgehead atoms. The van der Waals surface area contributed by atoms with Gasteiger partial charge in [0.15, 0.2) is 0 Å². The number of anilines is 1. The summed E-state index contributed by atoms with van der Waals surface area (Å²) in [5.41, 5.74) is 2.53. The van der Waals surface area contributed by atoms with Crippen molar-refractivity contribution in [1.82, 2.24) is 14.5 Å². The zero-order valence-electron chi connectivity index (χ0n) is 21.2. The van der Waals surface area contributed by atoms with Gasteiger partial charge < -0.3 is 18.9 Å². The minimum Gasteiger partial charge on any atom is -0.456 e. The van der Waals surface area contributed by atoms with Crippen LogP contribution in [0.15, 0.2) is 85.3 Å². The van der Waals surface area contributed by atoms with Crippen molar-refractivity contribution in [1.29, 1.82) is 5.26 Å². The number of alkyl halides is 3. The molecule has 1 aliphatic heterocycles. The zero-order chi connectivity index (χ0) is 28.1. The number of piperazine rings is 1. The molecule has 4 aromatic rings. The molecule has 1 aromatic heterocycles. The van der Waals surface area contributed by atoms with Crippen LogP contribution >= 0.6 is 0 Å². The largest absolute Gasteiger partial charge is 0.573 e. The van der Waals surface area contributed by atoms with Crippen molar-refractivity contribution in [3.05, 3.63) is 102 Å². The summed E-state index contributed by atoms with van der Waals surface area (Å²) in [5, 5.41) is 9.66. The lowest BCUT2D eigenvalue weighted by Crippen LogP contribution is -2.50. The van der Waals surface area contributed by atoms with Crippen LogP contribution in [0.2, 0.25) is 0 Å². The highest BCUT2D eigenvalue weighted by Crippen LogP contribution is 2.29. The number of nitrogens with zero attached hydrogens (tertiary/aromatic N) is 5. The SMILES string of the molecule is N#Cc1cc(Cn2cncc2CN2CCN(c3cccc(OC(F)(F)F)c3)C(=O)C2)ccc1Oc1ccccc1. The third kappa shape index (κ3) is 6.59. The fraction of sp³-hybridized carbons (Fsp3) is 0.207. The van der Waals surface area contributed by atoms with Crippen molar-refractivity contribution in [3.8, 4) is 23.3 Å². The highest BCUT2D eigenvalue weighted by molar-refractivity contribution is 5.95. The summed E-state index contributed by atoms with van der Waals surface area (Å²) >= 11 is 0. The number of imidazole rings is 1. The van der Waals surface area contributed by atoms with E-state index in [-0.39, 0.29) is 18.2 Å². The van der Waals surface area contributed by atoms with E-state index in [0.717, 1.165) is 11.3 Å². The van der Waals surface area contributed by atoms with Gasteiger partial charge in [0.2, 0.25) is 5.91 Å². The van der Waals surface area contributed by atoms with Gasteiger partial charge in [0.05, 0.1) is 24.1 Å². The van der Waals surface area contributed by atoms with Gasteiger partial charge in [-0.2, -0.15) is 5.26 Å². The van der Waals surface area contributed by atoms with E-state index < -0.39 is 6.36 Å². The van der Waals surface area contributed by atoms with E-state index in [9.17, 15) is 23.2 Å². The standard InChI is InChI=1S/C29H24F3N5O3/c30-29(31,32)40-26-8-4-5-23(14-26)37-12-11-35(19-28(37)38)18-24-16-34-20-36(24)17-21-9-10-27(22(13-21)15-33)39-25-6-2-1-3-7-25/h1-10,13-14,16,20H,11-12,17-19H2. The zero-order valence-corrected chi connectivity index (χ0v) is 21.2. The molecule has 0 unspecified atom stereocenters. The molecule has 1 aliphatic rings. The fourth-order valence-corrected chi connectivity index (χ4v) is 4.49. The lowest BCUT2D eigenvalue weighted by molar-refractivity contribution is -0.274. The van der Waals surface area contributed by atoms with Gasteiger partial charge >= 0.3 is 6.36 Å². The maximum Gasteiger partial charge on any atom is 0.573 e. The second-order valence-corrected chi connectivity index (χ2v) is 9.17. The van der Waals surface area contributed by atoms with Gasteiger partial charge in [0, 0.05) is 44.1 Å². The maximum absolute atomic E-state index is 12.9. The minimum absolute atomic E-state index is 0.0969. The molecule has 1 saturated heterocycles. The molecular weight excluding hydrogens is 523 g/mol. The molecule has 5 rings (SSSR count). The molecule has 40 heavy (non-hydrogen) atoms. The Hall–Kier alpha value is -4.82. The van der Waals surface area contributed by atoms with Crippen LogP contribution in [0.3, 0.4) is 0 Å². The molecule has 1 fully saturated rings. The van der Waals surface area contributed by atoms with Gasteiger partial charge in [0.25, 0.3) is 0 Å². The molecule has 1 amide bonds. The van der Waals surface area contributed by atoms with Crippen LogP contribution in [0.25, 0.3) is 0 Å². The quantitative estimate of drug-likeness (QED) is 0.296. The first-order valence-electron chi connectivity index (χ1n) is 12.4. The average Bonchev–Trinajstić information content (AvgIpc) is 3.35. The summed E-state index contributed by atoms with van der Waals surface area (Å²) in [6.45, 7) is 1.86. The molecule has 2 heterocycles. The van der Waals surface area contributed by atoms with Crippen LogP contribution in [-0.2, 0) is 17.9 Å². The summed E-state index contributed by atoms with van der Waals surface area (Å²) in [6.07, 6.45) is -1.38. The number of amides is 1. The molecule has 0 radical (unpaired) electrons. The van der Waals surface area contributed by atoms with Crippen molar-refractivity contribution in [2.75, 3.05) is 24.5 Å². The Labute approximate surface area is 228 Å². The number of carbonyl (C=O) groups is 1. The summed E-state index contributed by atoms with van der Waals surface area (Å²) in [5.74, 6) is 0.508. The van der Waals surface area contributed by atoms with E-state index >= 15 is 0 Å². The Morgan fingerprint density at radius 1 is 0.950 bits per heavy atom. The van der Waals surface area contributed by atoms with E-state index in [0.29, 0.717) is 48.9 Å². The van der Waals surface area contributed by atoms with Crippen molar-refractivity contribution in [2.24, 2.45) is 0 Å². The predicted octanol–water partition coefficient (Wildman–Crippen LogP) is 5.34. The summed E-state index contributed by atoms with van der Waals surface area (Å²) in [7, 11) is 0. The number of carbonyl (C=O) groups excluding carboxylic acids is 1. The Balaban J connectivity index is 1.22. The highest BCUT2D eigenvalue weighted by atomic mass is 19.4. The van der Waals surface area contributed by atoms with Crippen LogP contribution in [0.4, 0.5) is 18.9 Å². The van der Waals surface area contributed by atoms with E-state index in [1.54, 1.807) is 30.7 Å². The number of hydrogen-bond acceptors (Lipinski definition) is 6. The lowest BCUT2D eigenvalue weighted by Gasteiger charge is -2.34. The van der Waals surface area contributed by atoms with Crippen LogP contribution in [0.1, 0.15) is 16.8 Å². The molecule has 0 N–H and O–H groups in total. The molecule has 0 spiro atoms. The molecule has 8 nitrogen and oxygen atoms in total. The summed E-state index contributed by atoms with van der Waals surface area (Å²) < 4.78 is 49.6. The average molecular weight is 548 g/mol. The Kier molecular flexibility index (Phi) is 7.70. The van der Waals surface area contributed by atoms with Crippen molar-refractivity contribution < 1.29 is 27.4 Å². The van der Waals surface area contributed by atoms with Crippen LogP contribution in [0, 0.1) is 11.3 Å². The third-order valence-corrected chi connectivity index (χ3v) is 6.34. The number of nitriles is 1. The third-order valence-electron chi connectivity index (χ3n) is 6.34. The first kappa shape index (κ1) is 26.8. The van der Waals surface area contributed by atoms with E-state index in [4.69, 9.17) is 4.74 Å². The first-order valence-corrected chi connectivity index (χ1v) is 12.4. The maximum atomic E-state index is 12.9. The highest BCUT2D eigenvalue weighted by Gasteiger charge is 2.32. The Morgan fingerprint density at radius 3 is 2.50 bits per heavy atom. The van der Waals surface area contributed by atoms with Crippen molar-refractivity contribution >= 4 is 11.6 Å². The van der Waals surface area contributed by atoms with Crippen molar-refractivity contribution in [3.63, 3.8) is 0 Å². The number of ether oxygens (including phenoxy) is 2. The molecule has 3 aromatic carbocycles. The van der Waals surface area contributed by atoms with Gasteiger partial charge in [0.1, 0.15) is 23.3 Å². The number of hydrogen-bond donors (Lipinski definition) is 0. The fourth-order valence-electron chi connectivity index (χ4n) is 4.49. The van der Waals surface area contributed by atoms with E-state index in [2.05, 4.69) is 15.8 Å². The van der Waals surface area contributed by atoms with Crippen LogP contribution in [0.5, 0.6) is 17.2 Å². The van der Waals surface area contributed by atoms with Gasteiger partial charge in [-0.3, -0.25) is 9.69 Å². The van der Waals surface area contributed by atoms with E-state index in [1.165, 1.54) is 23.1 Å². The summed E-state index contributed by atoms with van der Waals surface area (Å²) in [4.78, 5) is 20.6. The summed E-state index contributed by atoms with van der Waals surface area (Å²) in [6, 6.07) is 22.3. The van der Waals surface area contributed by atoms with E-state index in [1.807, 2.05) is 45.9 Å². The molecule has 204 valence electrons. The number of halogens is 3. The number of rotatable bonds is 8. The number of benzene rings is 3. The van der Waals surface area contributed by atoms with Crippen LogP contribution < -0.4 is 14.4 Å². The molecule has 0 saturated carbocycles. The second kappa shape index (κ2) is 11.5. The first-order chi connectivity index (χ1) is 19.3. The predicted molar refractivity (Wildman–Crippen MR) is 140 cm³/mol. The topological polar surface area (TPSA) is 83.6 Å². The lowest BCUT2D eigenvalue weighted by atomic mass is 10.1. The monoisotopic (exact) mass is 547 g/mol. The van der Waals surface area contributed by atoms with Crippen LogP contribution in [-0.4, -0.2) is 46.4 Å². The van der Waals surface area contributed by atoms with Gasteiger partial charge in [-0.1, -0.05) is 30.3 Å². The van der Waals surface area contributed by atoms with Gasteiger partial charge in [-0.25, -0.2) is 4.98 Å². The Morgan fingerprint density at radius 2 is 1.75 bits per heavy atom. The minimum atomic E-state index is -4.81. The molecule has 0 atom stereocenters. The molecule has 0 aliphatic carbocycles. The number of para-hydroxylation sites is 1. The normalized spacial score (nSPS) is 14.2. The van der Waals surface area contributed by atoms with Gasteiger partial charge in [-0.15, -0.1) is 13.2 Å². The second-order valence-electron chi connectivity index (χ2n) is 9.17. The van der Waals surface area contributed by atoms with Gasteiger partial charge in [-0.05, 0) is 42.0 Å². The smallest absolute Gasteiger partial charge is 0.456 e. The molecule has 11 heteroatoms. The molecular formula is C29H24F3N5O3.